The normalized spacial score (nSPS) is 10.1. The van der Waals surface area contributed by atoms with Gasteiger partial charge in [-0.1, -0.05) is 48.5 Å². The average molecular weight is 469 g/mol. The molecule has 6 nitrogen and oxygen atoms in total. The first kappa shape index (κ1) is 25.9. The zero-order valence-electron chi connectivity index (χ0n) is 18.6. The summed E-state index contributed by atoms with van der Waals surface area (Å²) in [5, 5.41) is 6.19. The van der Waals surface area contributed by atoms with Gasteiger partial charge < -0.3 is 20.1 Å². The molecule has 0 fully saturated rings. The molecule has 33 heavy (non-hydrogen) atoms. The summed E-state index contributed by atoms with van der Waals surface area (Å²) in [5.41, 5.74) is 3.31. The molecule has 0 atom stereocenters. The van der Waals surface area contributed by atoms with Gasteiger partial charge in [-0.2, -0.15) is 0 Å². The third-order valence-corrected chi connectivity index (χ3v) is 4.76. The predicted octanol–water partition coefficient (Wildman–Crippen LogP) is 4.63. The Morgan fingerprint density at radius 1 is 0.879 bits per heavy atom. The number of hydrogen-bond acceptors (Lipinski definition) is 5. The highest BCUT2D eigenvalue weighted by Gasteiger charge is 2.09. The standard InChI is InChI=1S/C26H28N2O4.ClH/c1-2-31-26(30)21-12-14-23(15-13-21)28-25(29)19-32-24-11-7-6-10-22(24)18-27-17-16-20-8-4-3-5-9-20;/h3-15,27H,2,16-19H2,1H3,(H,28,29);1H. The number of halogens is 1. The smallest absolute Gasteiger partial charge is 0.338 e. The number of nitrogens with one attached hydrogen (secondary N) is 2. The second-order valence-corrected chi connectivity index (χ2v) is 7.15. The molecule has 3 aromatic rings. The predicted molar refractivity (Wildman–Crippen MR) is 132 cm³/mol. The number of rotatable bonds is 11. The lowest BCUT2D eigenvalue weighted by Crippen LogP contribution is -2.21. The minimum atomic E-state index is -0.386. The lowest BCUT2D eigenvalue weighted by atomic mass is 10.1. The maximum Gasteiger partial charge on any atom is 0.338 e. The van der Waals surface area contributed by atoms with Crippen molar-refractivity contribution < 1.29 is 19.1 Å². The molecule has 0 aliphatic carbocycles. The van der Waals surface area contributed by atoms with Crippen LogP contribution in [0.15, 0.2) is 78.9 Å². The molecule has 0 saturated heterocycles. The Hall–Kier alpha value is -3.35. The lowest BCUT2D eigenvalue weighted by Gasteiger charge is -2.12. The van der Waals surface area contributed by atoms with Crippen molar-refractivity contribution in [2.24, 2.45) is 0 Å². The van der Waals surface area contributed by atoms with E-state index >= 15 is 0 Å². The first-order valence-electron chi connectivity index (χ1n) is 10.7. The maximum absolute atomic E-state index is 12.3. The topological polar surface area (TPSA) is 76.7 Å². The fourth-order valence-electron chi connectivity index (χ4n) is 3.14. The van der Waals surface area contributed by atoms with Crippen LogP contribution >= 0.6 is 12.4 Å². The minimum absolute atomic E-state index is 0. The van der Waals surface area contributed by atoms with E-state index in [1.165, 1.54) is 5.56 Å². The summed E-state index contributed by atoms with van der Waals surface area (Å²) in [5.74, 6) is 0.0101. The number of carbonyl (C=O) groups is 2. The molecule has 3 aromatic carbocycles. The van der Waals surface area contributed by atoms with Crippen molar-refractivity contribution in [1.82, 2.24) is 5.32 Å². The van der Waals surface area contributed by atoms with Crippen LogP contribution < -0.4 is 15.4 Å². The van der Waals surface area contributed by atoms with Gasteiger partial charge in [0.25, 0.3) is 5.91 Å². The van der Waals surface area contributed by atoms with E-state index in [1.54, 1.807) is 31.2 Å². The van der Waals surface area contributed by atoms with Crippen LogP contribution in [0.3, 0.4) is 0 Å². The number of benzene rings is 3. The molecule has 0 unspecified atom stereocenters. The van der Waals surface area contributed by atoms with E-state index in [1.807, 2.05) is 42.5 Å². The molecule has 7 heteroatoms. The molecule has 0 saturated carbocycles. The quantitative estimate of drug-likeness (QED) is 0.317. The summed E-state index contributed by atoms with van der Waals surface area (Å²) in [7, 11) is 0. The Morgan fingerprint density at radius 3 is 2.30 bits per heavy atom. The lowest BCUT2D eigenvalue weighted by molar-refractivity contribution is -0.118. The van der Waals surface area contributed by atoms with Gasteiger partial charge in [0, 0.05) is 17.8 Å². The summed E-state index contributed by atoms with van der Waals surface area (Å²) in [6.45, 7) is 3.46. The SMILES string of the molecule is CCOC(=O)c1ccc(NC(=O)COc2ccccc2CNCCc2ccccc2)cc1.Cl. The minimum Gasteiger partial charge on any atom is -0.483 e. The molecule has 2 N–H and O–H groups in total. The highest BCUT2D eigenvalue weighted by atomic mass is 35.5. The Bertz CT molecular complexity index is 1010. The fourth-order valence-corrected chi connectivity index (χ4v) is 3.14. The van der Waals surface area contributed by atoms with Crippen LogP contribution in [0.25, 0.3) is 0 Å². The molecule has 0 spiro atoms. The molecule has 174 valence electrons. The Labute approximate surface area is 200 Å². The van der Waals surface area contributed by atoms with E-state index in [0.29, 0.717) is 30.2 Å². The zero-order valence-corrected chi connectivity index (χ0v) is 19.4. The van der Waals surface area contributed by atoms with Crippen molar-refractivity contribution in [2.45, 2.75) is 19.9 Å². The van der Waals surface area contributed by atoms with Gasteiger partial charge in [-0.25, -0.2) is 4.79 Å². The number of ether oxygens (including phenoxy) is 2. The molecular formula is C26H29ClN2O4. The second-order valence-electron chi connectivity index (χ2n) is 7.15. The molecule has 1 amide bonds. The summed E-state index contributed by atoms with van der Waals surface area (Å²) in [6, 6.07) is 24.5. The van der Waals surface area contributed by atoms with E-state index < -0.39 is 0 Å². The number of hydrogen-bond donors (Lipinski definition) is 2. The maximum atomic E-state index is 12.3. The van der Waals surface area contributed by atoms with Crippen LogP contribution in [0.2, 0.25) is 0 Å². The summed E-state index contributed by atoms with van der Waals surface area (Å²) in [4.78, 5) is 24.0. The van der Waals surface area contributed by atoms with E-state index in [0.717, 1.165) is 18.5 Å². The Kier molecular flexibility index (Phi) is 10.9. The van der Waals surface area contributed by atoms with Crippen molar-refractivity contribution in [3.8, 4) is 5.75 Å². The van der Waals surface area contributed by atoms with E-state index in [4.69, 9.17) is 9.47 Å². The zero-order chi connectivity index (χ0) is 22.6. The number of carbonyl (C=O) groups excluding carboxylic acids is 2. The van der Waals surface area contributed by atoms with Crippen LogP contribution in [0.4, 0.5) is 5.69 Å². The highest BCUT2D eigenvalue weighted by molar-refractivity contribution is 5.93. The van der Waals surface area contributed by atoms with E-state index in [-0.39, 0.29) is 30.9 Å². The van der Waals surface area contributed by atoms with Crippen LogP contribution in [-0.2, 0) is 22.5 Å². The van der Waals surface area contributed by atoms with Crippen molar-refractivity contribution in [2.75, 3.05) is 25.1 Å². The van der Waals surface area contributed by atoms with Crippen molar-refractivity contribution in [1.29, 1.82) is 0 Å². The Balaban J connectivity index is 0.00000385. The number of anilines is 1. The third kappa shape index (κ3) is 8.60. The largest absolute Gasteiger partial charge is 0.483 e. The molecule has 3 rings (SSSR count). The fraction of sp³-hybridized carbons (Fsp3) is 0.231. The molecule has 0 heterocycles. The van der Waals surface area contributed by atoms with E-state index in [9.17, 15) is 9.59 Å². The van der Waals surface area contributed by atoms with Gasteiger partial charge in [0.15, 0.2) is 6.61 Å². The van der Waals surface area contributed by atoms with Crippen LogP contribution in [0.5, 0.6) is 5.75 Å². The van der Waals surface area contributed by atoms with Crippen LogP contribution in [0.1, 0.15) is 28.4 Å². The molecule has 0 bridgehead atoms. The number of esters is 1. The average Bonchev–Trinajstić information content (AvgIpc) is 2.82. The van der Waals surface area contributed by atoms with Crippen molar-refractivity contribution in [3.05, 3.63) is 95.6 Å². The second kappa shape index (κ2) is 13.9. The van der Waals surface area contributed by atoms with Crippen molar-refractivity contribution >= 4 is 30.0 Å². The van der Waals surface area contributed by atoms with Crippen LogP contribution in [0, 0.1) is 0 Å². The van der Waals surface area contributed by atoms with Crippen LogP contribution in [-0.4, -0.2) is 31.6 Å². The third-order valence-electron chi connectivity index (χ3n) is 4.76. The first-order valence-corrected chi connectivity index (χ1v) is 10.7. The molecule has 0 radical (unpaired) electrons. The molecular weight excluding hydrogens is 440 g/mol. The molecule has 0 aliphatic heterocycles. The monoisotopic (exact) mass is 468 g/mol. The van der Waals surface area contributed by atoms with Gasteiger partial charge in [0.05, 0.1) is 12.2 Å². The van der Waals surface area contributed by atoms with Gasteiger partial charge >= 0.3 is 5.97 Å². The van der Waals surface area contributed by atoms with Gasteiger partial charge in [-0.3, -0.25) is 4.79 Å². The summed E-state index contributed by atoms with van der Waals surface area (Å²) < 4.78 is 10.7. The molecule has 0 aliphatic rings. The summed E-state index contributed by atoms with van der Waals surface area (Å²) in [6.07, 6.45) is 0.946. The first-order chi connectivity index (χ1) is 15.7. The molecule has 0 aromatic heterocycles. The summed E-state index contributed by atoms with van der Waals surface area (Å²) >= 11 is 0. The van der Waals surface area contributed by atoms with Crippen molar-refractivity contribution in [3.63, 3.8) is 0 Å². The van der Waals surface area contributed by atoms with Gasteiger partial charge in [-0.05, 0) is 55.8 Å². The van der Waals surface area contributed by atoms with E-state index in [2.05, 4.69) is 22.8 Å². The van der Waals surface area contributed by atoms with Gasteiger partial charge in [0.1, 0.15) is 5.75 Å². The number of amides is 1. The van der Waals surface area contributed by atoms with Gasteiger partial charge in [-0.15, -0.1) is 12.4 Å². The van der Waals surface area contributed by atoms with Gasteiger partial charge in [0.2, 0.25) is 0 Å². The highest BCUT2D eigenvalue weighted by Crippen LogP contribution is 2.18. The Morgan fingerprint density at radius 2 is 1.58 bits per heavy atom. The number of para-hydroxylation sites is 1.